The van der Waals surface area contributed by atoms with E-state index in [0.29, 0.717) is 18.7 Å². The number of aliphatic hydroxyl groups is 1. The van der Waals surface area contributed by atoms with Crippen molar-refractivity contribution in [3.05, 3.63) is 0 Å². The highest BCUT2D eigenvalue weighted by molar-refractivity contribution is 4.85. The van der Waals surface area contributed by atoms with Crippen molar-refractivity contribution in [1.82, 2.24) is 10.2 Å². The fourth-order valence-electron chi connectivity index (χ4n) is 4.01. The third kappa shape index (κ3) is 4.71. The van der Waals surface area contributed by atoms with Crippen molar-refractivity contribution < 1.29 is 5.11 Å². The summed E-state index contributed by atoms with van der Waals surface area (Å²) in [6.45, 7) is 6.15. The maximum atomic E-state index is 9.67. The molecule has 0 bridgehead atoms. The monoisotopic (exact) mass is 282 g/mol. The molecule has 2 fully saturated rings. The summed E-state index contributed by atoms with van der Waals surface area (Å²) >= 11 is 0. The molecule has 0 aromatic carbocycles. The van der Waals surface area contributed by atoms with E-state index < -0.39 is 0 Å². The standard InChI is InChI=1S/C17H34N2O/c1-2-11-18-17-10-6-5-8-15(17)13-19-12-7-3-4-9-16(19)14-20/h15-18,20H,2-14H2,1H3. The van der Waals surface area contributed by atoms with Gasteiger partial charge in [0.15, 0.2) is 0 Å². The first-order valence-corrected chi connectivity index (χ1v) is 8.93. The normalized spacial score (nSPS) is 33.0. The molecule has 1 heterocycles. The van der Waals surface area contributed by atoms with Gasteiger partial charge >= 0.3 is 0 Å². The third-order valence-electron chi connectivity index (χ3n) is 5.24. The molecule has 0 aromatic rings. The Morgan fingerprint density at radius 3 is 2.65 bits per heavy atom. The Morgan fingerprint density at radius 1 is 1.05 bits per heavy atom. The predicted octanol–water partition coefficient (Wildman–Crippen LogP) is 2.78. The third-order valence-corrected chi connectivity index (χ3v) is 5.24. The first kappa shape index (κ1) is 16.3. The molecule has 2 N–H and O–H groups in total. The molecule has 0 spiro atoms. The lowest BCUT2D eigenvalue weighted by Crippen LogP contribution is -2.47. The molecular weight excluding hydrogens is 248 g/mol. The molecule has 0 radical (unpaired) electrons. The minimum absolute atomic E-state index is 0.347. The maximum absolute atomic E-state index is 9.67. The molecule has 0 aromatic heterocycles. The summed E-state index contributed by atoms with van der Waals surface area (Å²) in [5.41, 5.74) is 0. The quantitative estimate of drug-likeness (QED) is 0.786. The Kier molecular flexibility index (Phi) is 7.32. The van der Waals surface area contributed by atoms with Crippen LogP contribution in [0.15, 0.2) is 0 Å². The molecule has 2 rings (SSSR count). The van der Waals surface area contributed by atoms with E-state index >= 15 is 0 Å². The minimum Gasteiger partial charge on any atom is -0.395 e. The summed E-state index contributed by atoms with van der Waals surface area (Å²) < 4.78 is 0. The highest BCUT2D eigenvalue weighted by Crippen LogP contribution is 2.27. The highest BCUT2D eigenvalue weighted by atomic mass is 16.3. The topological polar surface area (TPSA) is 35.5 Å². The number of hydrogen-bond donors (Lipinski definition) is 2. The second-order valence-electron chi connectivity index (χ2n) is 6.79. The van der Waals surface area contributed by atoms with Crippen molar-refractivity contribution in [3.63, 3.8) is 0 Å². The first-order valence-electron chi connectivity index (χ1n) is 8.93. The maximum Gasteiger partial charge on any atom is 0.0586 e. The lowest BCUT2D eigenvalue weighted by Gasteiger charge is -2.38. The van der Waals surface area contributed by atoms with Gasteiger partial charge < -0.3 is 10.4 Å². The van der Waals surface area contributed by atoms with Gasteiger partial charge in [0, 0.05) is 18.6 Å². The van der Waals surface area contributed by atoms with Crippen molar-refractivity contribution >= 4 is 0 Å². The van der Waals surface area contributed by atoms with Gasteiger partial charge in [-0.3, -0.25) is 4.90 Å². The molecule has 1 aliphatic heterocycles. The molecule has 1 saturated carbocycles. The predicted molar refractivity (Wildman–Crippen MR) is 85.0 cm³/mol. The van der Waals surface area contributed by atoms with Gasteiger partial charge in [-0.2, -0.15) is 0 Å². The SMILES string of the molecule is CCCNC1CCCCC1CN1CCCCCC1CO. The highest BCUT2D eigenvalue weighted by Gasteiger charge is 2.29. The molecule has 3 atom stereocenters. The second-order valence-corrected chi connectivity index (χ2v) is 6.79. The van der Waals surface area contributed by atoms with Crippen molar-refractivity contribution in [2.45, 2.75) is 76.8 Å². The zero-order valence-electron chi connectivity index (χ0n) is 13.3. The van der Waals surface area contributed by atoms with Crippen LogP contribution in [0.2, 0.25) is 0 Å². The zero-order chi connectivity index (χ0) is 14.2. The number of hydrogen-bond acceptors (Lipinski definition) is 3. The van der Waals surface area contributed by atoms with E-state index in [-0.39, 0.29) is 0 Å². The lowest BCUT2D eigenvalue weighted by molar-refractivity contribution is 0.0897. The average Bonchev–Trinajstić information content (AvgIpc) is 2.71. The molecule has 3 nitrogen and oxygen atoms in total. The lowest BCUT2D eigenvalue weighted by atomic mass is 9.83. The smallest absolute Gasteiger partial charge is 0.0586 e. The van der Waals surface area contributed by atoms with Crippen molar-refractivity contribution in [1.29, 1.82) is 0 Å². The summed E-state index contributed by atoms with van der Waals surface area (Å²) in [4.78, 5) is 2.60. The zero-order valence-corrected chi connectivity index (χ0v) is 13.3. The minimum atomic E-state index is 0.347. The molecule has 2 aliphatic rings. The van der Waals surface area contributed by atoms with Gasteiger partial charge in [-0.1, -0.05) is 32.6 Å². The van der Waals surface area contributed by atoms with Crippen LogP contribution >= 0.6 is 0 Å². The second kappa shape index (κ2) is 9.01. The summed E-state index contributed by atoms with van der Waals surface area (Å²) in [6, 6.07) is 1.14. The van der Waals surface area contributed by atoms with E-state index in [9.17, 15) is 5.11 Å². The van der Waals surface area contributed by atoms with Crippen LogP contribution < -0.4 is 5.32 Å². The Hall–Kier alpha value is -0.120. The summed E-state index contributed by atoms with van der Waals surface area (Å²) in [5, 5.41) is 13.4. The van der Waals surface area contributed by atoms with E-state index in [2.05, 4.69) is 17.1 Å². The van der Waals surface area contributed by atoms with E-state index in [4.69, 9.17) is 0 Å². The van der Waals surface area contributed by atoms with Gasteiger partial charge in [0.05, 0.1) is 6.61 Å². The largest absolute Gasteiger partial charge is 0.395 e. The number of aliphatic hydroxyl groups excluding tert-OH is 1. The van der Waals surface area contributed by atoms with Crippen LogP contribution in [0, 0.1) is 5.92 Å². The number of likely N-dealkylation sites (tertiary alicyclic amines) is 1. The van der Waals surface area contributed by atoms with Gasteiger partial charge in [-0.05, 0) is 51.1 Å². The summed E-state index contributed by atoms with van der Waals surface area (Å²) in [6.07, 6.45) is 11.9. The van der Waals surface area contributed by atoms with Crippen molar-refractivity contribution in [2.24, 2.45) is 5.92 Å². The summed E-state index contributed by atoms with van der Waals surface area (Å²) in [7, 11) is 0. The van der Waals surface area contributed by atoms with Crippen molar-refractivity contribution in [2.75, 3.05) is 26.2 Å². The Balaban J connectivity index is 1.90. The van der Waals surface area contributed by atoms with Crippen LogP contribution in [-0.4, -0.2) is 48.3 Å². The number of rotatable bonds is 6. The Morgan fingerprint density at radius 2 is 1.85 bits per heavy atom. The molecule has 3 heteroatoms. The Labute approximate surface area is 125 Å². The van der Waals surface area contributed by atoms with Gasteiger partial charge in [0.25, 0.3) is 0 Å². The van der Waals surface area contributed by atoms with E-state index in [1.54, 1.807) is 0 Å². The molecule has 20 heavy (non-hydrogen) atoms. The molecule has 1 saturated heterocycles. The van der Waals surface area contributed by atoms with Gasteiger partial charge in [0.2, 0.25) is 0 Å². The van der Waals surface area contributed by atoms with Crippen LogP contribution in [0.3, 0.4) is 0 Å². The van der Waals surface area contributed by atoms with Crippen LogP contribution in [0.1, 0.15) is 64.7 Å². The van der Waals surface area contributed by atoms with E-state index in [0.717, 1.165) is 12.5 Å². The molecular formula is C17H34N2O. The number of nitrogens with zero attached hydrogens (tertiary/aromatic N) is 1. The molecule has 0 amide bonds. The molecule has 118 valence electrons. The van der Waals surface area contributed by atoms with Crippen LogP contribution in [0.5, 0.6) is 0 Å². The first-order chi connectivity index (χ1) is 9.85. The molecule has 1 aliphatic carbocycles. The van der Waals surface area contributed by atoms with Crippen LogP contribution in [0.25, 0.3) is 0 Å². The fourth-order valence-corrected chi connectivity index (χ4v) is 4.01. The van der Waals surface area contributed by atoms with Crippen LogP contribution in [0.4, 0.5) is 0 Å². The van der Waals surface area contributed by atoms with Crippen molar-refractivity contribution in [3.8, 4) is 0 Å². The number of nitrogens with one attached hydrogen (secondary N) is 1. The average molecular weight is 282 g/mol. The fraction of sp³-hybridized carbons (Fsp3) is 1.00. The van der Waals surface area contributed by atoms with E-state index in [1.165, 1.54) is 70.9 Å². The summed E-state index contributed by atoms with van der Waals surface area (Å²) in [5.74, 6) is 0.794. The van der Waals surface area contributed by atoms with Gasteiger partial charge in [-0.15, -0.1) is 0 Å². The van der Waals surface area contributed by atoms with Gasteiger partial charge in [-0.25, -0.2) is 0 Å². The van der Waals surface area contributed by atoms with Gasteiger partial charge in [0.1, 0.15) is 0 Å². The molecule has 3 unspecified atom stereocenters. The Bertz CT molecular complexity index is 259. The van der Waals surface area contributed by atoms with Crippen LogP contribution in [-0.2, 0) is 0 Å². The van der Waals surface area contributed by atoms with E-state index in [1.807, 2.05) is 0 Å².